The van der Waals surface area contributed by atoms with Gasteiger partial charge in [0.2, 0.25) is 5.91 Å². The molecule has 1 rings (SSSR count). The zero-order valence-electron chi connectivity index (χ0n) is 9.34. The van der Waals surface area contributed by atoms with Crippen molar-refractivity contribution in [2.45, 2.75) is 6.18 Å². The second-order valence-electron chi connectivity index (χ2n) is 3.35. The molecule has 0 heterocycles. The minimum Gasteiger partial charge on any atom is -0.375 e. The van der Waals surface area contributed by atoms with Gasteiger partial charge < -0.3 is 10.1 Å². The normalized spacial score (nSPS) is 10.8. The average Bonchev–Trinajstić information content (AvgIpc) is 2.28. The molecule has 0 aliphatic heterocycles. The molecule has 7 heteroatoms. The van der Waals surface area contributed by atoms with Gasteiger partial charge in [0.25, 0.3) is 0 Å². The Morgan fingerprint density at radius 3 is 2.67 bits per heavy atom. The van der Waals surface area contributed by atoms with E-state index in [-0.39, 0.29) is 12.3 Å². The number of halogens is 3. The molecule has 0 saturated carbocycles. The molecule has 0 unspecified atom stereocenters. The number of carbonyl (C=O) groups excluding carboxylic acids is 1. The van der Waals surface area contributed by atoms with Crippen LogP contribution in [0, 0.1) is 11.3 Å². The van der Waals surface area contributed by atoms with E-state index < -0.39 is 23.2 Å². The average molecular weight is 258 g/mol. The maximum atomic E-state index is 12.6. The molecule has 1 N–H and O–H groups in total. The van der Waals surface area contributed by atoms with Gasteiger partial charge in [0.1, 0.15) is 6.61 Å². The number of hydrogen-bond donors (Lipinski definition) is 1. The molecule has 0 bridgehead atoms. The van der Waals surface area contributed by atoms with E-state index >= 15 is 0 Å². The molecule has 18 heavy (non-hydrogen) atoms. The Balaban J connectivity index is 3.05. The fraction of sp³-hybridized carbons (Fsp3) is 0.273. The number of nitrogens with zero attached hydrogens (tertiary/aromatic N) is 1. The molecule has 1 amide bonds. The molecule has 0 saturated heterocycles. The smallest absolute Gasteiger partial charge is 0.375 e. The van der Waals surface area contributed by atoms with Gasteiger partial charge in [-0.25, -0.2) is 0 Å². The van der Waals surface area contributed by atoms with Gasteiger partial charge in [0.15, 0.2) is 0 Å². The minimum absolute atomic E-state index is 0.0385. The van der Waals surface area contributed by atoms with Crippen LogP contribution in [-0.2, 0) is 15.7 Å². The number of anilines is 1. The fourth-order valence-corrected chi connectivity index (χ4v) is 1.28. The van der Waals surface area contributed by atoms with E-state index in [2.05, 4.69) is 10.1 Å². The monoisotopic (exact) mass is 258 g/mol. The third kappa shape index (κ3) is 3.46. The van der Waals surface area contributed by atoms with Gasteiger partial charge in [-0.2, -0.15) is 18.4 Å². The zero-order valence-corrected chi connectivity index (χ0v) is 9.34. The van der Waals surface area contributed by atoms with Crippen molar-refractivity contribution < 1.29 is 22.7 Å². The van der Waals surface area contributed by atoms with Gasteiger partial charge in [-0.1, -0.05) is 0 Å². The summed E-state index contributed by atoms with van der Waals surface area (Å²) in [6.07, 6.45) is -4.65. The highest BCUT2D eigenvalue weighted by atomic mass is 19.4. The first-order chi connectivity index (χ1) is 8.38. The SMILES string of the molecule is COCC(=O)Nc1ccc(C#N)c(C(F)(F)F)c1. The Hall–Kier alpha value is -2.07. The molecular weight excluding hydrogens is 249 g/mol. The van der Waals surface area contributed by atoms with Crippen LogP contribution < -0.4 is 5.32 Å². The lowest BCUT2D eigenvalue weighted by atomic mass is 10.1. The maximum absolute atomic E-state index is 12.6. The Bertz CT molecular complexity index is 492. The molecule has 96 valence electrons. The van der Waals surface area contributed by atoms with Gasteiger partial charge in [-0.3, -0.25) is 4.79 Å². The van der Waals surface area contributed by atoms with Crippen molar-refractivity contribution in [3.63, 3.8) is 0 Å². The van der Waals surface area contributed by atoms with Crippen molar-refractivity contribution in [3.8, 4) is 6.07 Å². The van der Waals surface area contributed by atoms with E-state index in [1.807, 2.05) is 0 Å². The van der Waals surface area contributed by atoms with Crippen molar-refractivity contribution >= 4 is 11.6 Å². The predicted octanol–water partition coefficient (Wildman–Crippen LogP) is 2.16. The Morgan fingerprint density at radius 2 is 2.17 bits per heavy atom. The first kappa shape index (κ1) is 14.0. The highest BCUT2D eigenvalue weighted by Crippen LogP contribution is 2.33. The third-order valence-corrected chi connectivity index (χ3v) is 2.00. The molecule has 4 nitrogen and oxygen atoms in total. The van der Waals surface area contributed by atoms with Crippen LogP contribution in [0.3, 0.4) is 0 Å². The summed E-state index contributed by atoms with van der Waals surface area (Å²) in [5.41, 5.74) is -1.61. The number of carbonyl (C=O) groups is 1. The molecule has 1 aromatic carbocycles. The van der Waals surface area contributed by atoms with Crippen LogP contribution >= 0.6 is 0 Å². The number of rotatable bonds is 3. The van der Waals surface area contributed by atoms with Crippen LogP contribution in [0.15, 0.2) is 18.2 Å². The summed E-state index contributed by atoms with van der Waals surface area (Å²) in [6.45, 7) is -0.263. The van der Waals surface area contributed by atoms with Crippen molar-refractivity contribution in [2.75, 3.05) is 19.0 Å². The van der Waals surface area contributed by atoms with Crippen LogP contribution in [0.5, 0.6) is 0 Å². The van der Waals surface area contributed by atoms with Crippen molar-refractivity contribution in [2.24, 2.45) is 0 Å². The number of methoxy groups -OCH3 is 1. The van der Waals surface area contributed by atoms with E-state index in [0.717, 1.165) is 6.07 Å². The number of amides is 1. The minimum atomic E-state index is -4.65. The van der Waals surface area contributed by atoms with Crippen LogP contribution in [0.2, 0.25) is 0 Å². The van der Waals surface area contributed by atoms with Crippen LogP contribution in [0.4, 0.5) is 18.9 Å². The summed E-state index contributed by atoms with van der Waals surface area (Å²) >= 11 is 0. The molecule has 0 fully saturated rings. The second kappa shape index (κ2) is 5.51. The summed E-state index contributed by atoms with van der Waals surface area (Å²) in [4.78, 5) is 11.1. The Kier molecular flexibility index (Phi) is 4.28. The lowest BCUT2D eigenvalue weighted by Gasteiger charge is -2.11. The predicted molar refractivity (Wildman–Crippen MR) is 56.7 cm³/mol. The van der Waals surface area contributed by atoms with Gasteiger partial charge >= 0.3 is 6.18 Å². The largest absolute Gasteiger partial charge is 0.417 e. The quantitative estimate of drug-likeness (QED) is 0.903. The molecule has 0 radical (unpaired) electrons. The van der Waals surface area contributed by atoms with Crippen molar-refractivity contribution in [3.05, 3.63) is 29.3 Å². The molecule has 0 atom stereocenters. The highest BCUT2D eigenvalue weighted by molar-refractivity contribution is 5.91. The highest BCUT2D eigenvalue weighted by Gasteiger charge is 2.33. The molecule has 1 aromatic rings. The lowest BCUT2D eigenvalue weighted by Crippen LogP contribution is -2.18. The summed E-state index contributed by atoms with van der Waals surface area (Å²) in [5.74, 6) is -0.574. The summed E-state index contributed by atoms with van der Waals surface area (Å²) < 4.78 is 42.4. The van der Waals surface area contributed by atoms with E-state index in [0.29, 0.717) is 6.07 Å². The van der Waals surface area contributed by atoms with Gasteiger partial charge in [-0.05, 0) is 18.2 Å². The van der Waals surface area contributed by atoms with Gasteiger partial charge in [0.05, 0.1) is 17.2 Å². The number of alkyl halides is 3. The van der Waals surface area contributed by atoms with Crippen LogP contribution in [0.25, 0.3) is 0 Å². The second-order valence-corrected chi connectivity index (χ2v) is 3.35. The molecule has 0 aliphatic rings. The van der Waals surface area contributed by atoms with E-state index in [4.69, 9.17) is 5.26 Å². The van der Waals surface area contributed by atoms with E-state index in [1.54, 1.807) is 0 Å². The molecule has 0 spiro atoms. The topological polar surface area (TPSA) is 62.1 Å². The number of benzene rings is 1. The first-order valence-electron chi connectivity index (χ1n) is 4.78. The van der Waals surface area contributed by atoms with Crippen LogP contribution in [-0.4, -0.2) is 19.6 Å². The fourth-order valence-electron chi connectivity index (χ4n) is 1.28. The van der Waals surface area contributed by atoms with Crippen LogP contribution in [0.1, 0.15) is 11.1 Å². The lowest BCUT2D eigenvalue weighted by molar-refractivity contribution is -0.137. The summed E-state index contributed by atoms with van der Waals surface area (Å²) in [5, 5.41) is 10.8. The summed E-state index contributed by atoms with van der Waals surface area (Å²) in [7, 11) is 1.29. The number of nitrogens with one attached hydrogen (secondary N) is 1. The molecule has 0 aromatic heterocycles. The van der Waals surface area contributed by atoms with Crippen molar-refractivity contribution in [1.29, 1.82) is 5.26 Å². The number of ether oxygens (including phenoxy) is 1. The van der Waals surface area contributed by atoms with Gasteiger partial charge in [0, 0.05) is 12.8 Å². The van der Waals surface area contributed by atoms with Gasteiger partial charge in [-0.15, -0.1) is 0 Å². The Labute approximate surface area is 101 Å². The third-order valence-electron chi connectivity index (χ3n) is 2.00. The Morgan fingerprint density at radius 1 is 1.50 bits per heavy atom. The number of hydrogen-bond acceptors (Lipinski definition) is 3. The zero-order chi connectivity index (χ0) is 13.8. The van der Waals surface area contributed by atoms with E-state index in [1.165, 1.54) is 19.2 Å². The van der Waals surface area contributed by atoms with E-state index in [9.17, 15) is 18.0 Å². The van der Waals surface area contributed by atoms with Crippen molar-refractivity contribution in [1.82, 2.24) is 0 Å². The molecular formula is C11H9F3N2O2. The summed E-state index contributed by atoms with van der Waals surface area (Å²) in [6, 6.07) is 4.39. The molecule has 0 aliphatic carbocycles. The first-order valence-corrected chi connectivity index (χ1v) is 4.78. The maximum Gasteiger partial charge on any atom is 0.417 e. The standard InChI is InChI=1S/C11H9F3N2O2/c1-18-6-10(17)16-8-3-2-7(5-15)9(4-8)11(12,13)14/h2-4H,6H2,1H3,(H,16,17). The number of nitriles is 1.